The molecule has 0 unspecified atom stereocenters. The summed E-state index contributed by atoms with van der Waals surface area (Å²) in [5, 5.41) is 6.47. The first-order valence-corrected chi connectivity index (χ1v) is 10.2. The molecule has 0 atom stereocenters. The number of fused-ring (bicyclic) bond motifs is 1. The van der Waals surface area contributed by atoms with Gasteiger partial charge in [-0.1, -0.05) is 19.1 Å². The molecular weight excluding hydrogens is 348 g/mol. The van der Waals surface area contributed by atoms with Crippen molar-refractivity contribution in [3.63, 3.8) is 0 Å². The summed E-state index contributed by atoms with van der Waals surface area (Å²) in [5.41, 5.74) is 3.10. The Morgan fingerprint density at radius 1 is 1.11 bits per heavy atom. The van der Waals surface area contributed by atoms with E-state index in [4.69, 9.17) is 0 Å². The quantitative estimate of drug-likeness (QED) is 0.655. The number of nitrogens with zero attached hydrogens (tertiary/aromatic N) is 4. The van der Waals surface area contributed by atoms with E-state index >= 15 is 0 Å². The molecule has 0 N–H and O–H groups in total. The number of aryl methyl sites for hydroxylation is 1. The minimum atomic E-state index is 0.187. The van der Waals surface area contributed by atoms with Crippen LogP contribution in [0, 0.1) is 5.92 Å². The summed E-state index contributed by atoms with van der Waals surface area (Å²) in [5.74, 6) is 0.527. The second-order valence-electron chi connectivity index (χ2n) is 7.90. The topological polar surface area (TPSA) is 51.0 Å². The Hall–Kier alpha value is -2.53. The summed E-state index contributed by atoms with van der Waals surface area (Å²) in [6, 6.07) is 8.40. The molecule has 3 heterocycles. The van der Waals surface area contributed by atoms with Crippen molar-refractivity contribution in [3.8, 4) is 11.1 Å². The van der Waals surface area contributed by atoms with E-state index in [1.54, 1.807) is 0 Å². The fourth-order valence-corrected chi connectivity index (χ4v) is 4.15. The van der Waals surface area contributed by atoms with Gasteiger partial charge in [-0.25, -0.2) is 0 Å². The minimum Gasteiger partial charge on any atom is -0.303 e. The van der Waals surface area contributed by atoms with E-state index in [-0.39, 0.29) is 5.92 Å². The Balaban J connectivity index is 1.47. The van der Waals surface area contributed by atoms with E-state index in [0.717, 1.165) is 60.1 Å². The van der Waals surface area contributed by atoms with Crippen molar-refractivity contribution in [2.45, 2.75) is 32.6 Å². The molecule has 2 aromatic heterocycles. The van der Waals surface area contributed by atoms with Gasteiger partial charge < -0.3 is 4.90 Å². The highest BCUT2D eigenvalue weighted by atomic mass is 16.1. The van der Waals surface area contributed by atoms with Crippen LogP contribution in [0.25, 0.3) is 21.9 Å². The molecule has 3 aromatic rings. The number of ketones is 1. The molecule has 0 bridgehead atoms. The predicted octanol–water partition coefficient (Wildman–Crippen LogP) is 3.87. The molecule has 0 radical (unpaired) electrons. The number of carbonyl (C=O) groups excluding carboxylic acids is 1. The summed E-state index contributed by atoms with van der Waals surface area (Å²) < 4.78 is 1.81. The highest BCUT2D eigenvalue weighted by molar-refractivity contribution is 5.88. The van der Waals surface area contributed by atoms with E-state index in [1.807, 2.05) is 30.3 Å². The molecule has 0 spiro atoms. The van der Waals surface area contributed by atoms with Crippen LogP contribution in [0.5, 0.6) is 0 Å². The highest BCUT2D eigenvalue weighted by Gasteiger charge is 2.24. The van der Waals surface area contributed by atoms with Crippen molar-refractivity contribution in [3.05, 3.63) is 48.5 Å². The van der Waals surface area contributed by atoms with Gasteiger partial charge in [0.15, 0.2) is 0 Å². The lowest BCUT2D eigenvalue weighted by atomic mass is 9.90. The average Bonchev–Trinajstić information content (AvgIpc) is 3.14. The molecule has 4 rings (SSSR count). The Morgan fingerprint density at radius 2 is 1.93 bits per heavy atom. The van der Waals surface area contributed by atoms with Crippen molar-refractivity contribution < 1.29 is 4.79 Å². The molecule has 0 amide bonds. The van der Waals surface area contributed by atoms with E-state index in [2.05, 4.69) is 46.2 Å². The first-order valence-electron chi connectivity index (χ1n) is 10.2. The van der Waals surface area contributed by atoms with E-state index in [1.165, 1.54) is 6.42 Å². The maximum atomic E-state index is 12.8. The molecule has 1 fully saturated rings. The van der Waals surface area contributed by atoms with Gasteiger partial charge >= 0.3 is 0 Å². The van der Waals surface area contributed by atoms with Gasteiger partial charge in [-0.05, 0) is 62.0 Å². The van der Waals surface area contributed by atoms with Crippen molar-refractivity contribution in [2.24, 2.45) is 13.0 Å². The second-order valence-corrected chi connectivity index (χ2v) is 7.90. The first-order chi connectivity index (χ1) is 13.6. The fraction of sp³-hybridized carbons (Fsp3) is 0.435. The number of rotatable bonds is 6. The second kappa shape index (κ2) is 8.23. The van der Waals surface area contributed by atoms with Gasteiger partial charge in [-0.3, -0.25) is 14.5 Å². The van der Waals surface area contributed by atoms with Crippen molar-refractivity contribution >= 4 is 16.6 Å². The SMILES string of the molecule is CCCN1CCC(C(=O)Cc2cc3cc(-c4cnn(C)c4)ccc3cn2)CC1. The molecule has 1 aromatic carbocycles. The van der Waals surface area contributed by atoms with Crippen molar-refractivity contribution in [1.82, 2.24) is 19.7 Å². The zero-order valence-electron chi connectivity index (χ0n) is 16.8. The number of carbonyl (C=O) groups is 1. The van der Waals surface area contributed by atoms with Crippen molar-refractivity contribution in [2.75, 3.05) is 19.6 Å². The third-order valence-corrected chi connectivity index (χ3v) is 5.75. The number of likely N-dealkylation sites (tertiary alicyclic amines) is 1. The number of benzene rings is 1. The van der Waals surface area contributed by atoms with Gasteiger partial charge in [0.05, 0.1) is 6.20 Å². The maximum Gasteiger partial charge on any atom is 0.142 e. The number of piperidine rings is 1. The summed E-state index contributed by atoms with van der Waals surface area (Å²) in [6.45, 7) is 5.45. The first kappa shape index (κ1) is 18.8. The van der Waals surface area contributed by atoms with E-state index < -0.39 is 0 Å². The number of hydrogen-bond acceptors (Lipinski definition) is 4. The van der Waals surface area contributed by atoms with Crippen LogP contribution in [-0.4, -0.2) is 45.1 Å². The number of Topliss-reactive ketones (excluding diaryl/α,β-unsaturated/α-hetero) is 1. The fourth-order valence-electron chi connectivity index (χ4n) is 4.15. The Labute approximate surface area is 166 Å². The van der Waals surface area contributed by atoms with Crippen LogP contribution in [0.15, 0.2) is 42.9 Å². The summed E-state index contributed by atoms with van der Waals surface area (Å²) in [6.07, 6.45) is 9.35. The van der Waals surface area contributed by atoms with Crippen LogP contribution in [-0.2, 0) is 18.3 Å². The average molecular weight is 377 g/mol. The molecule has 5 heteroatoms. The molecule has 146 valence electrons. The van der Waals surface area contributed by atoms with Crippen molar-refractivity contribution in [1.29, 1.82) is 0 Å². The van der Waals surface area contributed by atoms with Crippen LogP contribution in [0.3, 0.4) is 0 Å². The van der Waals surface area contributed by atoms with Crippen LogP contribution in [0.2, 0.25) is 0 Å². The maximum absolute atomic E-state index is 12.8. The zero-order valence-corrected chi connectivity index (χ0v) is 16.8. The molecule has 28 heavy (non-hydrogen) atoms. The molecule has 5 nitrogen and oxygen atoms in total. The number of hydrogen-bond donors (Lipinski definition) is 0. The van der Waals surface area contributed by atoms with Crippen LogP contribution in [0.1, 0.15) is 31.9 Å². The third-order valence-electron chi connectivity index (χ3n) is 5.75. The number of pyridine rings is 1. The summed E-state index contributed by atoms with van der Waals surface area (Å²) in [4.78, 5) is 19.8. The zero-order chi connectivity index (χ0) is 19.5. The molecular formula is C23H28N4O. The van der Waals surface area contributed by atoms with Gasteiger partial charge in [0.2, 0.25) is 0 Å². The van der Waals surface area contributed by atoms with Gasteiger partial charge in [0.25, 0.3) is 0 Å². The lowest BCUT2D eigenvalue weighted by Crippen LogP contribution is -2.37. The Kier molecular flexibility index (Phi) is 5.53. The van der Waals surface area contributed by atoms with E-state index in [9.17, 15) is 4.79 Å². The van der Waals surface area contributed by atoms with Gasteiger partial charge in [0.1, 0.15) is 5.78 Å². The summed E-state index contributed by atoms with van der Waals surface area (Å²) >= 11 is 0. The Bertz CT molecular complexity index is 970. The highest BCUT2D eigenvalue weighted by Crippen LogP contribution is 2.25. The van der Waals surface area contributed by atoms with Crippen LogP contribution in [0.4, 0.5) is 0 Å². The van der Waals surface area contributed by atoms with Crippen LogP contribution < -0.4 is 0 Å². The lowest BCUT2D eigenvalue weighted by Gasteiger charge is -2.30. The van der Waals surface area contributed by atoms with Gasteiger partial charge in [-0.2, -0.15) is 5.10 Å². The molecule has 0 aliphatic carbocycles. The third kappa shape index (κ3) is 4.14. The Morgan fingerprint density at radius 3 is 2.64 bits per heavy atom. The monoisotopic (exact) mass is 376 g/mol. The standard InChI is InChI=1S/C23H28N4O/c1-3-8-27-9-6-17(7-10-27)23(28)13-22-12-20-11-18(4-5-19(20)14-24-22)21-15-25-26(2)16-21/h4-5,11-12,14-17H,3,6-10,13H2,1-2H3. The molecule has 1 aliphatic rings. The van der Waals surface area contributed by atoms with E-state index in [0.29, 0.717) is 12.2 Å². The van der Waals surface area contributed by atoms with Gasteiger partial charge in [0, 0.05) is 48.4 Å². The van der Waals surface area contributed by atoms with Gasteiger partial charge in [-0.15, -0.1) is 0 Å². The molecule has 1 aliphatic heterocycles. The van der Waals surface area contributed by atoms with Crippen LogP contribution >= 0.6 is 0 Å². The lowest BCUT2D eigenvalue weighted by molar-refractivity contribution is -0.123. The largest absolute Gasteiger partial charge is 0.303 e. The molecule has 0 saturated carbocycles. The number of aromatic nitrogens is 3. The smallest absolute Gasteiger partial charge is 0.142 e. The summed E-state index contributed by atoms with van der Waals surface area (Å²) in [7, 11) is 1.92. The molecule has 1 saturated heterocycles. The predicted molar refractivity (Wildman–Crippen MR) is 112 cm³/mol. The minimum absolute atomic E-state index is 0.187. The normalized spacial score (nSPS) is 15.9.